The van der Waals surface area contributed by atoms with Gasteiger partial charge in [0.15, 0.2) is 0 Å². The molecule has 0 radical (unpaired) electrons. The molecule has 1 fully saturated rings. The Bertz CT molecular complexity index is 1020. The second kappa shape index (κ2) is 9.86. The summed E-state index contributed by atoms with van der Waals surface area (Å²) in [5.74, 6) is -0.971. The number of aliphatic hydroxyl groups is 1. The third kappa shape index (κ3) is 6.19. The van der Waals surface area contributed by atoms with Crippen LogP contribution in [0.1, 0.15) is 22.0 Å². The normalized spacial score (nSPS) is 16.4. The summed E-state index contributed by atoms with van der Waals surface area (Å²) in [5, 5.41) is 12.7. The zero-order valence-electron chi connectivity index (χ0n) is 16.7. The van der Waals surface area contributed by atoms with E-state index in [9.17, 15) is 31.5 Å². The van der Waals surface area contributed by atoms with Crippen LogP contribution in [0.15, 0.2) is 53.4 Å². The number of alkyl halides is 3. The van der Waals surface area contributed by atoms with Gasteiger partial charge in [-0.25, -0.2) is 8.42 Å². The Morgan fingerprint density at radius 2 is 1.69 bits per heavy atom. The summed E-state index contributed by atoms with van der Waals surface area (Å²) in [4.78, 5) is 12.4. The molecule has 1 atom stereocenters. The lowest BCUT2D eigenvalue weighted by Crippen LogP contribution is -2.40. The first kappa shape index (κ1) is 24.0. The van der Waals surface area contributed by atoms with Gasteiger partial charge in [-0.1, -0.05) is 12.1 Å². The van der Waals surface area contributed by atoms with E-state index < -0.39 is 34.1 Å². The zero-order chi connectivity index (χ0) is 23.4. The highest BCUT2D eigenvalue weighted by Gasteiger charge is 2.31. The molecule has 1 saturated heterocycles. The molecule has 0 aliphatic carbocycles. The number of carbonyl (C=O) groups excluding carboxylic acids is 1. The number of hydrogen-bond acceptors (Lipinski definition) is 6. The molecule has 1 amide bonds. The Labute approximate surface area is 182 Å². The topological polar surface area (TPSA) is 105 Å². The Morgan fingerprint density at radius 1 is 1.09 bits per heavy atom. The zero-order valence-corrected chi connectivity index (χ0v) is 17.5. The van der Waals surface area contributed by atoms with Gasteiger partial charge in [0.2, 0.25) is 10.0 Å². The first-order chi connectivity index (χ1) is 15.1. The molecule has 8 nitrogen and oxygen atoms in total. The predicted molar refractivity (Wildman–Crippen MR) is 106 cm³/mol. The molecule has 1 aliphatic rings. The number of morpholine rings is 1. The number of sulfonamides is 1. The van der Waals surface area contributed by atoms with Crippen LogP contribution >= 0.6 is 0 Å². The minimum absolute atomic E-state index is 0.0529. The second-order valence-corrected chi connectivity index (χ2v) is 8.82. The summed E-state index contributed by atoms with van der Waals surface area (Å²) in [6.45, 7) is 0.948. The van der Waals surface area contributed by atoms with Crippen molar-refractivity contribution in [2.45, 2.75) is 17.4 Å². The fourth-order valence-electron chi connectivity index (χ4n) is 3.02. The van der Waals surface area contributed by atoms with Crippen LogP contribution in [-0.2, 0) is 14.8 Å². The van der Waals surface area contributed by atoms with E-state index in [1.54, 1.807) is 0 Å². The van der Waals surface area contributed by atoms with E-state index in [1.165, 1.54) is 40.7 Å². The third-order valence-electron chi connectivity index (χ3n) is 4.68. The van der Waals surface area contributed by atoms with Crippen LogP contribution in [0.4, 0.5) is 13.2 Å². The highest BCUT2D eigenvalue weighted by molar-refractivity contribution is 7.89. The highest BCUT2D eigenvalue weighted by Crippen LogP contribution is 2.24. The van der Waals surface area contributed by atoms with Gasteiger partial charge in [0, 0.05) is 25.2 Å². The summed E-state index contributed by atoms with van der Waals surface area (Å²) in [6, 6.07) is 10.00. The van der Waals surface area contributed by atoms with E-state index in [0.29, 0.717) is 13.2 Å². The molecule has 32 heavy (non-hydrogen) atoms. The third-order valence-corrected chi connectivity index (χ3v) is 6.59. The minimum Gasteiger partial charge on any atom is -0.406 e. The maximum Gasteiger partial charge on any atom is 0.573 e. The van der Waals surface area contributed by atoms with E-state index in [4.69, 9.17) is 4.74 Å². The molecule has 0 aromatic heterocycles. The highest BCUT2D eigenvalue weighted by atomic mass is 32.2. The Morgan fingerprint density at radius 3 is 2.25 bits per heavy atom. The summed E-state index contributed by atoms with van der Waals surface area (Å²) < 4.78 is 72.0. The maximum absolute atomic E-state index is 12.6. The molecular formula is C20H21F3N2O6S. The average molecular weight is 474 g/mol. The van der Waals surface area contributed by atoms with Gasteiger partial charge in [0.05, 0.1) is 24.2 Å². The molecule has 0 spiro atoms. The number of halogens is 3. The summed E-state index contributed by atoms with van der Waals surface area (Å²) in [7, 11) is -3.68. The number of ether oxygens (including phenoxy) is 2. The van der Waals surface area contributed by atoms with Gasteiger partial charge in [0.25, 0.3) is 5.91 Å². The summed E-state index contributed by atoms with van der Waals surface area (Å²) >= 11 is 0. The number of rotatable bonds is 7. The van der Waals surface area contributed by atoms with Gasteiger partial charge < -0.3 is 19.9 Å². The van der Waals surface area contributed by atoms with Crippen molar-refractivity contribution in [1.82, 2.24) is 9.62 Å². The molecule has 12 heteroatoms. The van der Waals surface area contributed by atoms with Crippen molar-refractivity contribution in [3.8, 4) is 5.75 Å². The Kier molecular flexibility index (Phi) is 7.39. The molecule has 2 aromatic rings. The maximum atomic E-state index is 12.6. The number of hydrogen-bond donors (Lipinski definition) is 2. The second-order valence-electron chi connectivity index (χ2n) is 6.88. The number of carbonyl (C=O) groups is 1. The Hall–Kier alpha value is -2.67. The number of nitrogens with one attached hydrogen (secondary N) is 1. The van der Waals surface area contributed by atoms with E-state index in [0.717, 1.165) is 12.1 Å². The van der Waals surface area contributed by atoms with Crippen LogP contribution in [0, 0.1) is 0 Å². The molecule has 174 valence electrons. The van der Waals surface area contributed by atoms with Crippen LogP contribution in [0.2, 0.25) is 0 Å². The summed E-state index contributed by atoms with van der Waals surface area (Å²) in [5.41, 5.74) is 0.471. The van der Waals surface area contributed by atoms with E-state index in [1.807, 2.05) is 0 Å². The van der Waals surface area contributed by atoms with Crippen molar-refractivity contribution in [3.05, 3.63) is 59.7 Å². The van der Waals surface area contributed by atoms with Crippen LogP contribution < -0.4 is 10.1 Å². The smallest absolute Gasteiger partial charge is 0.406 e. The number of nitrogens with zero attached hydrogens (tertiary/aromatic N) is 1. The predicted octanol–water partition coefficient (Wildman–Crippen LogP) is 2.07. The fourth-order valence-corrected chi connectivity index (χ4v) is 4.42. The van der Waals surface area contributed by atoms with Gasteiger partial charge in [-0.05, 0) is 42.0 Å². The van der Waals surface area contributed by atoms with Crippen molar-refractivity contribution in [1.29, 1.82) is 0 Å². The van der Waals surface area contributed by atoms with Crippen LogP contribution in [0.3, 0.4) is 0 Å². The van der Waals surface area contributed by atoms with Crippen molar-refractivity contribution in [2.75, 3.05) is 32.8 Å². The molecule has 2 aromatic carbocycles. The van der Waals surface area contributed by atoms with Gasteiger partial charge in [-0.2, -0.15) is 4.31 Å². The first-order valence-electron chi connectivity index (χ1n) is 9.56. The number of amides is 1. The van der Waals surface area contributed by atoms with Crippen LogP contribution in [0.5, 0.6) is 5.75 Å². The lowest BCUT2D eigenvalue weighted by atomic mass is 10.1. The van der Waals surface area contributed by atoms with Crippen molar-refractivity contribution < 1.29 is 41.0 Å². The molecule has 3 rings (SSSR count). The van der Waals surface area contributed by atoms with E-state index >= 15 is 0 Å². The number of aliphatic hydroxyl groups excluding tert-OH is 1. The number of benzene rings is 2. The lowest BCUT2D eigenvalue weighted by Gasteiger charge is -2.26. The molecule has 1 aliphatic heterocycles. The van der Waals surface area contributed by atoms with Crippen LogP contribution in [0.25, 0.3) is 0 Å². The minimum atomic E-state index is -4.81. The first-order valence-corrected chi connectivity index (χ1v) is 11.0. The van der Waals surface area contributed by atoms with Crippen molar-refractivity contribution in [2.24, 2.45) is 0 Å². The monoisotopic (exact) mass is 474 g/mol. The van der Waals surface area contributed by atoms with Crippen molar-refractivity contribution in [3.63, 3.8) is 0 Å². The standard InChI is InChI=1S/C20H21F3N2O6S/c21-20(22,23)31-16-5-1-14(2-6-16)18(26)13-24-19(27)15-3-7-17(8-4-15)32(28,29)25-9-11-30-12-10-25/h1-8,18,26H,9-13H2,(H,24,27). The van der Waals surface area contributed by atoms with Gasteiger partial charge in [-0.3, -0.25) is 4.79 Å². The van der Waals surface area contributed by atoms with Gasteiger partial charge in [-0.15, -0.1) is 13.2 Å². The molecular weight excluding hydrogens is 453 g/mol. The molecule has 2 N–H and O–H groups in total. The Balaban J connectivity index is 1.56. The molecule has 1 unspecified atom stereocenters. The van der Waals surface area contributed by atoms with Gasteiger partial charge >= 0.3 is 6.36 Å². The SMILES string of the molecule is O=C(NCC(O)c1ccc(OC(F)(F)F)cc1)c1ccc(S(=O)(=O)N2CCOCC2)cc1. The summed E-state index contributed by atoms with van der Waals surface area (Å²) in [6.07, 6.45) is -5.98. The van der Waals surface area contributed by atoms with Crippen molar-refractivity contribution >= 4 is 15.9 Å². The lowest BCUT2D eigenvalue weighted by molar-refractivity contribution is -0.274. The largest absolute Gasteiger partial charge is 0.573 e. The molecule has 1 heterocycles. The average Bonchev–Trinajstić information content (AvgIpc) is 2.77. The molecule has 0 saturated carbocycles. The van der Waals surface area contributed by atoms with E-state index in [-0.39, 0.29) is 35.7 Å². The quantitative estimate of drug-likeness (QED) is 0.637. The van der Waals surface area contributed by atoms with E-state index in [2.05, 4.69) is 10.1 Å². The van der Waals surface area contributed by atoms with Gasteiger partial charge in [0.1, 0.15) is 5.75 Å². The molecule has 0 bridgehead atoms. The van der Waals surface area contributed by atoms with Crippen LogP contribution in [-0.4, -0.2) is 62.9 Å². The fraction of sp³-hybridized carbons (Fsp3) is 0.350.